The fraction of sp³-hybridized carbons (Fsp3) is 0.350. The Kier molecular flexibility index (Phi) is 6.49. The third-order valence-corrected chi connectivity index (χ3v) is 5.43. The Morgan fingerprint density at radius 3 is 2.48 bits per heavy atom. The highest BCUT2D eigenvalue weighted by Crippen LogP contribution is 2.28. The average Bonchev–Trinajstić information content (AvgIpc) is 2.61. The number of sulfonamides is 1. The molecular formula is C20H26N2O4S. The number of hydrogen-bond acceptors (Lipinski definition) is 4. The van der Waals surface area contributed by atoms with Gasteiger partial charge in [-0.1, -0.05) is 25.1 Å². The van der Waals surface area contributed by atoms with Crippen molar-refractivity contribution in [3.8, 4) is 5.75 Å². The van der Waals surface area contributed by atoms with E-state index in [0.717, 1.165) is 17.4 Å². The molecule has 6 nitrogen and oxygen atoms in total. The molecule has 1 atom stereocenters. The first-order valence-corrected chi connectivity index (χ1v) is 10.5. The number of hydrogen-bond donors (Lipinski definition) is 1. The fourth-order valence-electron chi connectivity index (χ4n) is 2.92. The maximum absolute atomic E-state index is 12.9. The number of aryl methyl sites for hydroxylation is 2. The Hall–Kier alpha value is -2.54. The maximum atomic E-state index is 12.9. The van der Waals surface area contributed by atoms with Crippen molar-refractivity contribution in [2.24, 2.45) is 0 Å². The SMILES string of the molecule is CC[C@H](C(=O)Nc1cccc(OC)c1)N(c1cc(C)ccc1C)S(C)(=O)=O. The second kappa shape index (κ2) is 8.43. The molecule has 0 aliphatic heterocycles. The summed E-state index contributed by atoms with van der Waals surface area (Å²) in [6, 6.07) is 11.6. The van der Waals surface area contributed by atoms with Gasteiger partial charge in [-0.2, -0.15) is 0 Å². The van der Waals surface area contributed by atoms with E-state index in [-0.39, 0.29) is 0 Å². The summed E-state index contributed by atoms with van der Waals surface area (Å²) in [6.45, 7) is 5.51. The molecule has 27 heavy (non-hydrogen) atoms. The zero-order valence-electron chi connectivity index (χ0n) is 16.3. The molecule has 0 aromatic heterocycles. The van der Waals surface area contributed by atoms with Crippen LogP contribution in [0.2, 0.25) is 0 Å². The first kappa shape index (κ1) is 20.8. The van der Waals surface area contributed by atoms with Crippen molar-refractivity contribution in [2.45, 2.75) is 33.2 Å². The normalized spacial score (nSPS) is 12.3. The van der Waals surface area contributed by atoms with Crippen LogP contribution in [0.15, 0.2) is 42.5 Å². The number of ether oxygens (including phenoxy) is 1. The molecule has 2 rings (SSSR count). The van der Waals surface area contributed by atoms with Gasteiger partial charge >= 0.3 is 0 Å². The number of rotatable bonds is 7. The summed E-state index contributed by atoms with van der Waals surface area (Å²) in [6.07, 6.45) is 1.45. The summed E-state index contributed by atoms with van der Waals surface area (Å²) in [5.41, 5.74) is 2.78. The summed E-state index contributed by atoms with van der Waals surface area (Å²) >= 11 is 0. The number of carbonyl (C=O) groups is 1. The number of nitrogens with zero attached hydrogens (tertiary/aromatic N) is 1. The molecule has 0 radical (unpaired) electrons. The van der Waals surface area contributed by atoms with Crippen molar-refractivity contribution in [3.05, 3.63) is 53.6 Å². The first-order chi connectivity index (χ1) is 12.7. The third-order valence-electron chi connectivity index (χ3n) is 4.27. The van der Waals surface area contributed by atoms with Gasteiger partial charge in [-0.05, 0) is 49.6 Å². The van der Waals surface area contributed by atoms with Gasteiger partial charge in [0.15, 0.2) is 0 Å². The average molecular weight is 391 g/mol. The van der Waals surface area contributed by atoms with Gasteiger partial charge < -0.3 is 10.1 Å². The number of nitrogens with one attached hydrogen (secondary N) is 1. The van der Waals surface area contributed by atoms with Gasteiger partial charge in [-0.3, -0.25) is 9.10 Å². The Morgan fingerprint density at radius 1 is 1.19 bits per heavy atom. The van der Waals surface area contributed by atoms with Crippen LogP contribution in [0.25, 0.3) is 0 Å². The highest BCUT2D eigenvalue weighted by molar-refractivity contribution is 7.92. The predicted octanol–water partition coefficient (Wildman–Crippen LogP) is 3.50. The van der Waals surface area contributed by atoms with Crippen molar-refractivity contribution in [1.82, 2.24) is 0 Å². The summed E-state index contributed by atoms with van der Waals surface area (Å²) in [5, 5.41) is 2.80. The van der Waals surface area contributed by atoms with Gasteiger partial charge in [0, 0.05) is 11.8 Å². The smallest absolute Gasteiger partial charge is 0.248 e. The van der Waals surface area contributed by atoms with Crippen LogP contribution in [0.3, 0.4) is 0 Å². The molecule has 0 fully saturated rings. The number of benzene rings is 2. The minimum Gasteiger partial charge on any atom is -0.497 e. The standard InChI is InChI=1S/C20H26N2O4S/c1-6-18(20(23)21-16-8-7-9-17(13-16)26-4)22(27(5,24)25)19-12-14(2)10-11-15(19)3/h7-13,18H,6H2,1-5H3,(H,21,23)/t18-/m1/s1. The molecular weight excluding hydrogens is 364 g/mol. The molecule has 0 aliphatic rings. The largest absolute Gasteiger partial charge is 0.497 e. The lowest BCUT2D eigenvalue weighted by Crippen LogP contribution is -2.47. The van der Waals surface area contributed by atoms with E-state index in [1.54, 1.807) is 44.4 Å². The molecule has 2 aromatic rings. The Balaban J connectivity index is 2.43. The van der Waals surface area contributed by atoms with Crippen LogP contribution >= 0.6 is 0 Å². The molecule has 0 bridgehead atoms. The first-order valence-electron chi connectivity index (χ1n) is 8.69. The monoisotopic (exact) mass is 390 g/mol. The number of amides is 1. The maximum Gasteiger partial charge on any atom is 0.248 e. The minimum atomic E-state index is -3.67. The number of carbonyl (C=O) groups excluding carboxylic acids is 1. The molecule has 0 aliphatic carbocycles. The van der Waals surface area contributed by atoms with Crippen LogP contribution in [0.5, 0.6) is 5.75 Å². The highest BCUT2D eigenvalue weighted by Gasteiger charge is 2.32. The van der Waals surface area contributed by atoms with Crippen molar-refractivity contribution >= 4 is 27.3 Å². The van der Waals surface area contributed by atoms with Gasteiger partial charge in [0.2, 0.25) is 15.9 Å². The van der Waals surface area contributed by atoms with Crippen LogP contribution in [0.1, 0.15) is 24.5 Å². The molecule has 0 saturated carbocycles. The molecule has 0 unspecified atom stereocenters. The molecule has 1 N–H and O–H groups in total. The minimum absolute atomic E-state index is 0.330. The van der Waals surface area contributed by atoms with Gasteiger partial charge in [0.05, 0.1) is 19.1 Å². The zero-order chi connectivity index (χ0) is 20.2. The van der Waals surface area contributed by atoms with Gasteiger partial charge in [0.1, 0.15) is 11.8 Å². The van der Waals surface area contributed by atoms with E-state index >= 15 is 0 Å². The summed E-state index contributed by atoms with van der Waals surface area (Å²) in [5.74, 6) is 0.215. The van der Waals surface area contributed by atoms with Crippen molar-refractivity contribution in [2.75, 3.05) is 23.0 Å². The van der Waals surface area contributed by atoms with Crippen LogP contribution in [0, 0.1) is 13.8 Å². The zero-order valence-corrected chi connectivity index (χ0v) is 17.1. The highest BCUT2D eigenvalue weighted by atomic mass is 32.2. The fourth-order valence-corrected chi connectivity index (χ4v) is 4.18. The molecule has 0 saturated heterocycles. The van der Waals surface area contributed by atoms with E-state index in [1.807, 2.05) is 26.0 Å². The predicted molar refractivity (Wildman–Crippen MR) is 109 cm³/mol. The van der Waals surface area contributed by atoms with Crippen LogP contribution in [-0.2, 0) is 14.8 Å². The van der Waals surface area contributed by atoms with Crippen LogP contribution in [-0.4, -0.2) is 33.7 Å². The Morgan fingerprint density at radius 2 is 1.89 bits per heavy atom. The van der Waals surface area contributed by atoms with E-state index in [1.165, 1.54) is 4.31 Å². The van der Waals surface area contributed by atoms with Crippen LogP contribution < -0.4 is 14.4 Å². The van der Waals surface area contributed by atoms with E-state index in [4.69, 9.17) is 4.74 Å². The topological polar surface area (TPSA) is 75.7 Å². The lowest BCUT2D eigenvalue weighted by atomic mass is 10.1. The molecule has 0 spiro atoms. The molecule has 2 aromatic carbocycles. The molecule has 146 valence electrons. The van der Waals surface area contributed by atoms with E-state index < -0.39 is 22.0 Å². The Bertz CT molecular complexity index is 925. The molecule has 0 heterocycles. The lowest BCUT2D eigenvalue weighted by molar-refractivity contribution is -0.117. The van der Waals surface area contributed by atoms with Gasteiger partial charge in [-0.25, -0.2) is 8.42 Å². The van der Waals surface area contributed by atoms with E-state index in [9.17, 15) is 13.2 Å². The van der Waals surface area contributed by atoms with Crippen molar-refractivity contribution < 1.29 is 17.9 Å². The van der Waals surface area contributed by atoms with Crippen molar-refractivity contribution in [3.63, 3.8) is 0 Å². The number of methoxy groups -OCH3 is 1. The number of anilines is 2. The molecule has 7 heteroatoms. The quantitative estimate of drug-likeness (QED) is 0.785. The second-order valence-electron chi connectivity index (χ2n) is 6.49. The van der Waals surface area contributed by atoms with E-state index in [0.29, 0.717) is 23.5 Å². The van der Waals surface area contributed by atoms with Gasteiger partial charge in [-0.15, -0.1) is 0 Å². The Labute approximate surface area is 161 Å². The third kappa shape index (κ3) is 5.01. The van der Waals surface area contributed by atoms with Gasteiger partial charge in [0.25, 0.3) is 0 Å². The van der Waals surface area contributed by atoms with E-state index in [2.05, 4.69) is 5.32 Å². The van der Waals surface area contributed by atoms with Crippen molar-refractivity contribution in [1.29, 1.82) is 0 Å². The lowest BCUT2D eigenvalue weighted by Gasteiger charge is -2.31. The van der Waals surface area contributed by atoms with Crippen LogP contribution in [0.4, 0.5) is 11.4 Å². The summed E-state index contributed by atoms with van der Waals surface area (Å²) < 4.78 is 31.5. The summed E-state index contributed by atoms with van der Waals surface area (Å²) in [4.78, 5) is 12.9. The second-order valence-corrected chi connectivity index (χ2v) is 8.35. The summed E-state index contributed by atoms with van der Waals surface area (Å²) in [7, 11) is -2.13. The molecule has 1 amide bonds.